The van der Waals surface area contributed by atoms with Gasteiger partial charge in [-0.25, -0.2) is 9.37 Å². The lowest BCUT2D eigenvalue weighted by atomic mass is 10.1. The summed E-state index contributed by atoms with van der Waals surface area (Å²) in [5.41, 5.74) is 5.16. The molecule has 0 N–H and O–H groups in total. The Bertz CT molecular complexity index is 991. The quantitative estimate of drug-likeness (QED) is 0.614. The van der Waals surface area contributed by atoms with Crippen LogP contribution in [0.5, 0.6) is 0 Å². The van der Waals surface area contributed by atoms with E-state index in [2.05, 4.69) is 32.9 Å². The molecule has 4 nitrogen and oxygen atoms in total. The Balaban J connectivity index is 2.09. The Morgan fingerprint density at radius 1 is 1.18 bits per heavy atom. The Hall–Kier alpha value is -2.69. The number of fused-ring (bicyclic) bond motifs is 1. The molecule has 148 valence electrons. The number of likely N-dealkylation sites (N-methyl/N-ethyl adjacent to an activating group) is 1. The summed E-state index contributed by atoms with van der Waals surface area (Å²) in [6, 6.07) is 10.3. The molecule has 1 heterocycles. The van der Waals surface area contributed by atoms with Crippen molar-refractivity contribution < 1.29 is 9.18 Å². The van der Waals surface area contributed by atoms with Crippen molar-refractivity contribution >= 4 is 16.9 Å². The zero-order valence-corrected chi connectivity index (χ0v) is 17.3. The van der Waals surface area contributed by atoms with Gasteiger partial charge in [0.2, 0.25) is 5.91 Å². The summed E-state index contributed by atoms with van der Waals surface area (Å²) in [6.07, 6.45) is 1.46. The number of amides is 1. The largest absolute Gasteiger partial charge is 0.344 e. The van der Waals surface area contributed by atoms with Crippen LogP contribution in [-0.2, 0) is 11.2 Å². The molecule has 3 aromatic rings. The van der Waals surface area contributed by atoms with Gasteiger partial charge in [0.1, 0.15) is 17.7 Å². The minimum absolute atomic E-state index is 0.0692. The third-order valence-corrected chi connectivity index (χ3v) is 5.33. The fourth-order valence-corrected chi connectivity index (χ4v) is 3.62. The standard InChI is InChI=1S/C23H28FN3O/c1-6-11-26(5)23(28)17(4)27-21-13-16(3)15(2)12-20(21)25-22(27)14-18-7-9-19(24)10-8-18/h7-10,12-13,17H,6,11,14H2,1-5H3/t17-/m1/s1. The predicted octanol–water partition coefficient (Wildman–Crippen LogP) is 4.81. The van der Waals surface area contributed by atoms with E-state index in [1.54, 1.807) is 17.0 Å². The van der Waals surface area contributed by atoms with Gasteiger partial charge in [0.15, 0.2) is 0 Å². The molecule has 3 rings (SSSR count). The van der Waals surface area contributed by atoms with E-state index in [1.165, 1.54) is 23.3 Å². The summed E-state index contributed by atoms with van der Waals surface area (Å²) >= 11 is 0. The zero-order valence-electron chi connectivity index (χ0n) is 17.3. The smallest absolute Gasteiger partial charge is 0.245 e. The highest BCUT2D eigenvalue weighted by Crippen LogP contribution is 2.27. The van der Waals surface area contributed by atoms with Crippen molar-refractivity contribution in [2.24, 2.45) is 0 Å². The van der Waals surface area contributed by atoms with Gasteiger partial charge in [0, 0.05) is 20.0 Å². The predicted molar refractivity (Wildman–Crippen MR) is 111 cm³/mol. The van der Waals surface area contributed by atoms with Gasteiger partial charge in [-0.3, -0.25) is 4.79 Å². The molecule has 0 aliphatic carbocycles. The first-order chi connectivity index (χ1) is 13.3. The summed E-state index contributed by atoms with van der Waals surface area (Å²) in [5, 5.41) is 0. The van der Waals surface area contributed by atoms with E-state index in [4.69, 9.17) is 4.98 Å². The number of halogens is 1. The lowest BCUT2D eigenvalue weighted by molar-refractivity contribution is -0.132. The second-order valence-corrected chi connectivity index (χ2v) is 7.56. The minimum atomic E-state index is -0.362. The Labute approximate surface area is 166 Å². The van der Waals surface area contributed by atoms with E-state index in [0.717, 1.165) is 35.4 Å². The lowest BCUT2D eigenvalue weighted by Crippen LogP contribution is -2.34. The van der Waals surface area contributed by atoms with Crippen LogP contribution >= 0.6 is 0 Å². The monoisotopic (exact) mass is 381 g/mol. The number of hydrogen-bond donors (Lipinski definition) is 0. The first-order valence-electron chi connectivity index (χ1n) is 9.79. The normalized spacial score (nSPS) is 12.4. The SMILES string of the molecule is CCCN(C)C(=O)[C@@H](C)n1c(Cc2ccc(F)cc2)nc2cc(C)c(C)cc21. The molecule has 0 bridgehead atoms. The molecule has 2 aromatic carbocycles. The van der Waals surface area contributed by atoms with Crippen molar-refractivity contribution in [3.8, 4) is 0 Å². The van der Waals surface area contributed by atoms with E-state index >= 15 is 0 Å². The molecular formula is C23H28FN3O. The number of aryl methyl sites for hydroxylation is 2. The molecule has 0 aliphatic rings. The summed E-state index contributed by atoms with van der Waals surface area (Å²) in [5.74, 6) is 0.630. The second kappa shape index (κ2) is 8.13. The first-order valence-corrected chi connectivity index (χ1v) is 9.79. The number of carbonyl (C=O) groups is 1. The van der Waals surface area contributed by atoms with E-state index in [-0.39, 0.29) is 17.8 Å². The Kier molecular flexibility index (Phi) is 5.82. The van der Waals surface area contributed by atoms with Gasteiger partial charge in [0.25, 0.3) is 0 Å². The summed E-state index contributed by atoms with van der Waals surface area (Å²) in [6.45, 7) is 8.85. The molecule has 1 amide bonds. The molecule has 0 aliphatic heterocycles. The number of imidazole rings is 1. The van der Waals surface area contributed by atoms with Crippen LogP contribution in [0.25, 0.3) is 11.0 Å². The van der Waals surface area contributed by atoms with Gasteiger partial charge in [-0.1, -0.05) is 19.1 Å². The lowest BCUT2D eigenvalue weighted by Gasteiger charge is -2.23. The topological polar surface area (TPSA) is 38.1 Å². The van der Waals surface area contributed by atoms with Crippen LogP contribution < -0.4 is 0 Å². The molecule has 1 aromatic heterocycles. The number of nitrogens with zero attached hydrogens (tertiary/aromatic N) is 3. The zero-order chi connectivity index (χ0) is 20.4. The van der Waals surface area contributed by atoms with Crippen molar-refractivity contribution in [3.05, 3.63) is 64.7 Å². The van der Waals surface area contributed by atoms with Crippen molar-refractivity contribution in [2.75, 3.05) is 13.6 Å². The van der Waals surface area contributed by atoms with Crippen molar-refractivity contribution in [2.45, 2.75) is 46.6 Å². The van der Waals surface area contributed by atoms with E-state index in [0.29, 0.717) is 6.42 Å². The maximum Gasteiger partial charge on any atom is 0.245 e. The van der Waals surface area contributed by atoms with Crippen LogP contribution in [0.4, 0.5) is 4.39 Å². The maximum absolute atomic E-state index is 13.3. The van der Waals surface area contributed by atoms with Crippen molar-refractivity contribution in [1.82, 2.24) is 14.5 Å². The maximum atomic E-state index is 13.3. The van der Waals surface area contributed by atoms with Crippen LogP contribution in [0.2, 0.25) is 0 Å². The third kappa shape index (κ3) is 3.93. The number of carbonyl (C=O) groups excluding carboxylic acids is 1. The molecule has 0 radical (unpaired) electrons. The molecule has 0 spiro atoms. The van der Waals surface area contributed by atoms with Gasteiger partial charge in [0.05, 0.1) is 11.0 Å². The van der Waals surface area contributed by atoms with Gasteiger partial charge < -0.3 is 9.47 Å². The highest BCUT2D eigenvalue weighted by atomic mass is 19.1. The van der Waals surface area contributed by atoms with E-state index in [9.17, 15) is 9.18 Å². The first kappa shape index (κ1) is 20.1. The molecule has 1 atom stereocenters. The van der Waals surface area contributed by atoms with Crippen LogP contribution in [0.1, 0.15) is 48.8 Å². The van der Waals surface area contributed by atoms with Crippen LogP contribution in [0.3, 0.4) is 0 Å². The molecule has 0 unspecified atom stereocenters. The number of hydrogen-bond acceptors (Lipinski definition) is 2. The van der Waals surface area contributed by atoms with Gasteiger partial charge in [-0.05, 0) is 68.1 Å². The molecule has 0 saturated heterocycles. The Morgan fingerprint density at radius 3 is 2.46 bits per heavy atom. The average molecular weight is 381 g/mol. The van der Waals surface area contributed by atoms with Crippen LogP contribution in [-0.4, -0.2) is 34.0 Å². The van der Waals surface area contributed by atoms with E-state index < -0.39 is 0 Å². The minimum Gasteiger partial charge on any atom is -0.344 e. The van der Waals surface area contributed by atoms with Gasteiger partial charge in [-0.2, -0.15) is 0 Å². The highest BCUT2D eigenvalue weighted by molar-refractivity contribution is 5.84. The summed E-state index contributed by atoms with van der Waals surface area (Å²) in [7, 11) is 1.84. The second-order valence-electron chi connectivity index (χ2n) is 7.56. The summed E-state index contributed by atoms with van der Waals surface area (Å²) < 4.78 is 15.3. The Morgan fingerprint density at radius 2 is 1.82 bits per heavy atom. The number of aromatic nitrogens is 2. The highest BCUT2D eigenvalue weighted by Gasteiger charge is 2.24. The molecule has 0 fully saturated rings. The number of benzene rings is 2. The van der Waals surface area contributed by atoms with Crippen LogP contribution in [0, 0.1) is 19.7 Å². The van der Waals surface area contributed by atoms with E-state index in [1.807, 2.05) is 18.5 Å². The van der Waals surface area contributed by atoms with Gasteiger partial charge >= 0.3 is 0 Å². The third-order valence-electron chi connectivity index (χ3n) is 5.33. The van der Waals surface area contributed by atoms with Crippen molar-refractivity contribution in [1.29, 1.82) is 0 Å². The van der Waals surface area contributed by atoms with Crippen molar-refractivity contribution in [3.63, 3.8) is 0 Å². The molecule has 5 heteroatoms. The number of rotatable bonds is 6. The molecular weight excluding hydrogens is 353 g/mol. The van der Waals surface area contributed by atoms with Crippen LogP contribution in [0.15, 0.2) is 36.4 Å². The fraction of sp³-hybridized carbons (Fsp3) is 0.391. The fourth-order valence-electron chi connectivity index (χ4n) is 3.62. The summed E-state index contributed by atoms with van der Waals surface area (Å²) in [4.78, 5) is 19.6. The molecule has 0 saturated carbocycles. The average Bonchev–Trinajstić information content (AvgIpc) is 2.99. The van der Waals surface area contributed by atoms with Gasteiger partial charge in [-0.15, -0.1) is 0 Å². The molecule has 28 heavy (non-hydrogen) atoms.